The molecule has 9 heteroatoms. The minimum Gasteiger partial charge on any atom is -0.497 e. The Labute approximate surface area is 167 Å². The molecule has 0 saturated carbocycles. The topological polar surface area (TPSA) is 94.1 Å². The van der Waals surface area contributed by atoms with Crippen LogP contribution in [0.1, 0.15) is 16.2 Å². The van der Waals surface area contributed by atoms with Crippen LogP contribution in [0.2, 0.25) is 0 Å². The number of methoxy groups -OCH3 is 2. The highest BCUT2D eigenvalue weighted by atomic mass is 16.5. The summed E-state index contributed by atoms with van der Waals surface area (Å²) in [4.78, 5) is 21.2. The molecule has 4 rings (SSSR count). The molecule has 3 heterocycles. The quantitative estimate of drug-likeness (QED) is 0.624. The summed E-state index contributed by atoms with van der Waals surface area (Å²) in [5.41, 5.74) is 0.551. The van der Waals surface area contributed by atoms with Crippen LogP contribution in [-0.4, -0.2) is 66.2 Å². The standard InChI is InChI=1S/C20H22N4O5/c1-26-15-10-14(11-16(12-15)27-2)20(25)24-7-5-23(6-8-24)13-18-21-19(22-29-18)17-4-3-9-28-17/h3-4,9-12H,5-8,13H2,1-2H3. The third kappa shape index (κ3) is 4.24. The highest BCUT2D eigenvalue weighted by Crippen LogP contribution is 2.24. The van der Waals surface area contributed by atoms with E-state index in [0.29, 0.717) is 67.3 Å². The van der Waals surface area contributed by atoms with Crippen molar-refractivity contribution in [3.8, 4) is 23.1 Å². The van der Waals surface area contributed by atoms with Gasteiger partial charge in [-0.25, -0.2) is 0 Å². The SMILES string of the molecule is COc1cc(OC)cc(C(=O)N2CCN(Cc3nc(-c4ccco4)no3)CC2)c1. The van der Waals surface area contributed by atoms with Crippen molar-refractivity contribution >= 4 is 5.91 Å². The fourth-order valence-corrected chi connectivity index (χ4v) is 3.24. The summed E-state index contributed by atoms with van der Waals surface area (Å²) in [6, 6.07) is 8.76. The molecular weight excluding hydrogens is 376 g/mol. The van der Waals surface area contributed by atoms with Crippen molar-refractivity contribution in [2.75, 3.05) is 40.4 Å². The van der Waals surface area contributed by atoms with Crippen LogP contribution >= 0.6 is 0 Å². The summed E-state index contributed by atoms with van der Waals surface area (Å²) >= 11 is 0. The predicted octanol–water partition coefficient (Wildman–Crippen LogP) is 2.30. The van der Waals surface area contributed by atoms with Crippen molar-refractivity contribution in [2.45, 2.75) is 6.54 Å². The first kappa shape index (κ1) is 19.0. The van der Waals surface area contributed by atoms with Crippen molar-refractivity contribution < 1.29 is 23.2 Å². The van der Waals surface area contributed by atoms with E-state index in [2.05, 4.69) is 15.0 Å². The van der Waals surface area contributed by atoms with Crippen LogP contribution in [0.25, 0.3) is 11.6 Å². The van der Waals surface area contributed by atoms with Crippen molar-refractivity contribution in [3.05, 3.63) is 48.0 Å². The van der Waals surface area contributed by atoms with Gasteiger partial charge in [0.05, 0.1) is 27.0 Å². The normalized spacial score (nSPS) is 14.8. The van der Waals surface area contributed by atoms with Crippen molar-refractivity contribution in [1.29, 1.82) is 0 Å². The van der Waals surface area contributed by atoms with Crippen LogP contribution < -0.4 is 9.47 Å². The molecule has 0 spiro atoms. The summed E-state index contributed by atoms with van der Waals surface area (Å²) in [7, 11) is 3.13. The molecule has 0 radical (unpaired) electrons. The van der Waals surface area contributed by atoms with Crippen LogP contribution in [0, 0.1) is 0 Å². The first-order valence-corrected chi connectivity index (χ1v) is 9.27. The second-order valence-electron chi connectivity index (χ2n) is 6.66. The largest absolute Gasteiger partial charge is 0.497 e. The molecule has 9 nitrogen and oxygen atoms in total. The van der Waals surface area contributed by atoms with Crippen LogP contribution in [0.3, 0.4) is 0 Å². The Hall–Kier alpha value is -3.33. The van der Waals surface area contributed by atoms with E-state index in [1.54, 1.807) is 50.8 Å². The first-order valence-electron chi connectivity index (χ1n) is 9.27. The van der Waals surface area contributed by atoms with Gasteiger partial charge in [0.2, 0.25) is 11.7 Å². The van der Waals surface area contributed by atoms with Crippen LogP contribution in [-0.2, 0) is 6.54 Å². The maximum Gasteiger partial charge on any atom is 0.254 e. The van der Waals surface area contributed by atoms with Gasteiger partial charge in [-0.05, 0) is 24.3 Å². The lowest BCUT2D eigenvalue weighted by Gasteiger charge is -2.34. The monoisotopic (exact) mass is 398 g/mol. The van der Waals surface area contributed by atoms with Crippen molar-refractivity contribution in [1.82, 2.24) is 19.9 Å². The zero-order chi connectivity index (χ0) is 20.2. The van der Waals surface area contributed by atoms with E-state index in [-0.39, 0.29) is 5.91 Å². The van der Waals surface area contributed by atoms with E-state index >= 15 is 0 Å². The van der Waals surface area contributed by atoms with Gasteiger partial charge in [-0.1, -0.05) is 5.16 Å². The van der Waals surface area contributed by atoms with Gasteiger partial charge in [0, 0.05) is 37.8 Å². The number of amides is 1. The zero-order valence-electron chi connectivity index (χ0n) is 16.3. The molecule has 0 unspecified atom stereocenters. The molecule has 152 valence electrons. The molecule has 1 saturated heterocycles. The third-order valence-corrected chi connectivity index (χ3v) is 4.83. The minimum absolute atomic E-state index is 0.0419. The summed E-state index contributed by atoms with van der Waals surface area (Å²) in [5, 5.41) is 3.94. The predicted molar refractivity (Wildman–Crippen MR) is 103 cm³/mol. The lowest BCUT2D eigenvalue weighted by Crippen LogP contribution is -2.48. The maximum absolute atomic E-state index is 12.9. The second-order valence-corrected chi connectivity index (χ2v) is 6.66. The highest BCUT2D eigenvalue weighted by Gasteiger charge is 2.24. The number of furan rings is 1. The summed E-state index contributed by atoms with van der Waals surface area (Å²) in [6.07, 6.45) is 1.57. The van der Waals surface area contributed by atoms with Gasteiger partial charge in [0.25, 0.3) is 5.91 Å². The van der Waals surface area contributed by atoms with E-state index in [4.69, 9.17) is 18.4 Å². The van der Waals surface area contributed by atoms with Crippen LogP contribution in [0.15, 0.2) is 45.5 Å². The van der Waals surface area contributed by atoms with Gasteiger partial charge in [0.15, 0.2) is 5.76 Å². The average Bonchev–Trinajstić information content (AvgIpc) is 3.45. The first-order chi connectivity index (χ1) is 14.2. The fourth-order valence-electron chi connectivity index (χ4n) is 3.24. The molecule has 1 aliphatic heterocycles. The number of benzene rings is 1. The Morgan fingerprint density at radius 2 is 1.83 bits per heavy atom. The Kier molecular flexibility index (Phi) is 5.48. The van der Waals surface area contributed by atoms with Crippen LogP contribution in [0.4, 0.5) is 0 Å². The minimum atomic E-state index is -0.0419. The number of hydrogen-bond donors (Lipinski definition) is 0. The molecule has 1 aromatic carbocycles. The summed E-state index contributed by atoms with van der Waals surface area (Å²) in [6.45, 7) is 3.18. The van der Waals surface area contributed by atoms with E-state index in [0.717, 1.165) is 0 Å². The Balaban J connectivity index is 1.35. The highest BCUT2D eigenvalue weighted by molar-refractivity contribution is 5.95. The van der Waals surface area contributed by atoms with Crippen molar-refractivity contribution in [3.63, 3.8) is 0 Å². The Bertz CT molecular complexity index is 939. The molecule has 0 N–H and O–H groups in total. The average molecular weight is 398 g/mol. The zero-order valence-corrected chi connectivity index (χ0v) is 16.3. The molecule has 0 aliphatic carbocycles. The molecule has 3 aromatic rings. The number of hydrogen-bond acceptors (Lipinski definition) is 8. The van der Waals surface area contributed by atoms with Gasteiger partial charge >= 0.3 is 0 Å². The maximum atomic E-state index is 12.9. The molecule has 1 aliphatic rings. The Morgan fingerprint density at radius 3 is 2.45 bits per heavy atom. The molecular formula is C20H22N4O5. The van der Waals surface area contributed by atoms with Gasteiger partial charge in [-0.2, -0.15) is 4.98 Å². The number of carbonyl (C=O) groups is 1. The smallest absolute Gasteiger partial charge is 0.254 e. The summed E-state index contributed by atoms with van der Waals surface area (Å²) < 4.78 is 21.1. The van der Waals surface area contributed by atoms with Gasteiger partial charge in [-0.15, -0.1) is 0 Å². The van der Waals surface area contributed by atoms with E-state index in [1.165, 1.54) is 0 Å². The van der Waals surface area contributed by atoms with E-state index < -0.39 is 0 Å². The van der Waals surface area contributed by atoms with E-state index in [9.17, 15) is 4.79 Å². The van der Waals surface area contributed by atoms with Gasteiger partial charge < -0.3 is 23.3 Å². The van der Waals surface area contributed by atoms with E-state index in [1.807, 2.05) is 4.90 Å². The molecule has 0 atom stereocenters. The number of piperazine rings is 1. The number of aromatic nitrogens is 2. The van der Waals surface area contributed by atoms with Gasteiger partial charge in [-0.3, -0.25) is 9.69 Å². The lowest BCUT2D eigenvalue weighted by molar-refractivity contribution is 0.0614. The Morgan fingerprint density at radius 1 is 1.10 bits per heavy atom. The lowest BCUT2D eigenvalue weighted by atomic mass is 10.1. The molecule has 2 aromatic heterocycles. The molecule has 1 amide bonds. The number of rotatable bonds is 6. The number of ether oxygens (including phenoxy) is 2. The number of carbonyl (C=O) groups excluding carboxylic acids is 1. The van der Waals surface area contributed by atoms with Gasteiger partial charge in [0.1, 0.15) is 11.5 Å². The molecule has 0 bridgehead atoms. The van der Waals surface area contributed by atoms with Crippen LogP contribution in [0.5, 0.6) is 11.5 Å². The molecule has 29 heavy (non-hydrogen) atoms. The molecule has 1 fully saturated rings. The number of nitrogens with zero attached hydrogens (tertiary/aromatic N) is 4. The fraction of sp³-hybridized carbons (Fsp3) is 0.350. The second kappa shape index (κ2) is 8.36. The summed E-state index contributed by atoms with van der Waals surface area (Å²) in [5.74, 6) is 2.67. The third-order valence-electron chi connectivity index (χ3n) is 4.83. The van der Waals surface area contributed by atoms with Crippen molar-refractivity contribution in [2.24, 2.45) is 0 Å².